The van der Waals surface area contributed by atoms with Gasteiger partial charge in [0.05, 0.1) is 0 Å². The number of ether oxygens (including phenoxy) is 1. The van der Waals surface area contributed by atoms with Crippen LogP contribution in [-0.2, 0) is 4.79 Å². The van der Waals surface area contributed by atoms with E-state index in [9.17, 15) is 4.79 Å². The van der Waals surface area contributed by atoms with Crippen LogP contribution in [0.5, 0.6) is 5.75 Å². The molecule has 116 valence electrons. The molecule has 0 aliphatic carbocycles. The monoisotopic (exact) mass is 297 g/mol. The van der Waals surface area contributed by atoms with Crippen LogP contribution in [0.3, 0.4) is 0 Å². The molecule has 2 aromatic carbocycles. The lowest BCUT2D eigenvalue weighted by Gasteiger charge is -2.34. The van der Waals surface area contributed by atoms with Crippen LogP contribution in [0.15, 0.2) is 42.5 Å². The average molecular weight is 297 g/mol. The number of benzene rings is 2. The highest BCUT2D eigenvalue weighted by atomic mass is 16.5. The van der Waals surface area contributed by atoms with Crippen molar-refractivity contribution in [3.63, 3.8) is 0 Å². The summed E-state index contributed by atoms with van der Waals surface area (Å²) in [6.07, 6.45) is 1.20. The Bertz CT molecular complexity index is 652. The molecule has 2 atom stereocenters. The summed E-state index contributed by atoms with van der Waals surface area (Å²) >= 11 is 0. The normalized spacial score (nSPS) is 21.8. The van der Waals surface area contributed by atoms with Crippen LogP contribution in [0.25, 0.3) is 10.8 Å². The molecule has 3 nitrogen and oxygen atoms in total. The van der Waals surface area contributed by atoms with Crippen LogP contribution >= 0.6 is 0 Å². The summed E-state index contributed by atoms with van der Waals surface area (Å²) in [6.45, 7) is 6.24. The first-order valence-corrected chi connectivity index (χ1v) is 8.02. The Balaban J connectivity index is 1.67. The van der Waals surface area contributed by atoms with Crippen LogP contribution in [0.2, 0.25) is 0 Å². The fourth-order valence-corrected chi connectivity index (χ4v) is 3.42. The van der Waals surface area contributed by atoms with E-state index in [1.807, 2.05) is 35.2 Å². The molecular weight excluding hydrogens is 274 g/mol. The van der Waals surface area contributed by atoms with Gasteiger partial charge in [-0.2, -0.15) is 0 Å². The number of likely N-dealkylation sites (tertiary alicyclic amines) is 1. The second-order valence-electron chi connectivity index (χ2n) is 6.51. The zero-order chi connectivity index (χ0) is 15.5. The fourth-order valence-electron chi connectivity index (χ4n) is 3.42. The van der Waals surface area contributed by atoms with Gasteiger partial charge in [-0.25, -0.2) is 0 Å². The van der Waals surface area contributed by atoms with E-state index >= 15 is 0 Å². The molecule has 1 aliphatic rings. The number of carbonyl (C=O) groups excluding carboxylic acids is 1. The van der Waals surface area contributed by atoms with E-state index < -0.39 is 0 Å². The Morgan fingerprint density at radius 2 is 1.77 bits per heavy atom. The molecule has 1 heterocycles. The highest BCUT2D eigenvalue weighted by Crippen LogP contribution is 2.25. The highest BCUT2D eigenvalue weighted by molar-refractivity contribution is 5.88. The smallest absolute Gasteiger partial charge is 0.260 e. The Hall–Kier alpha value is -2.03. The summed E-state index contributed by atoms with van der Waals surface area (Å²) in [5, 5.41) is 2.19. The molecule has 0 spiro atoms. The molecule has 1 amide bonds. The zero-order valence-corrected chi connectivity index (χ0v) is 13.3. The van der Waals surface area contributed by atoms with E-state index in [2.05, 4.69) is 26.0 Å². The van der Waals surface area contributed by atoms with Crippen molar-refractivity contribution < 1.29 is 9.53 Å². The molecule has 1 aliphatic heterocycles. The zero-order valence-electron chi connectivity index (χ0n) is 13.3. The van der Waals surface area contributed by atoms with Crippen molar-refractivity contribution in [1.82, 2.24) is 4.90 Å². The van der Waals surface area contributed by atoms with Crippen molar-refractivity contribution in [3.05, 3.63) is 42.5 Å². The lowest BCUT2D eigenvalue weighted by atomic mass is 9.92. The van der Waals surface area contributed by atoms with Crippen LogP contribution < -0.4 is 4.74 Å². The Labute approximate surface area is 131 Å². The first-order valence-electron chi connectivity index (χ1n) is 8.02. The van der Waals surface area contributed by atoms with Gasteiger partial charge in [-0.05, 0) is 29.7 Å². The highest BCUT2D eigenvalue weighted by Gasteiger charge is 2.25. The molecule has 2 aromatic rings. The third-order valence-electron chi connectivity index (χ3n) is 4.32. The summed E-state index contributed by atoms with van der Waals surface area (Å²) < 4.78 is 5.81. The SMILES string of the molecule is CC1CC(C)CN(C(=O)COc2cccc3ccccc23)C1. The van der Waals surface area contributed by atoms with Gasteiger partial charge in [0.15, 0.2) is 6.61 Å². The number of amides is 1. The summed E-state index contributed by atoms with van der Waals surface area (Å²) in [5.41, 5.74) is 0. The molecule has 22 heavy (non-hydrogen) atoms. The van der Waals surface area contributed by atoms with Crippen LogP contribution in [-0.4, -0.2) is 30.5 Å². The maximum absolute atomic E-state index is 12.4. The van der Waals surface area contributed by atoms with Crippen LogP contribution in [0.1, 0.15) is 20.3 Å². The molecule has 0 N–H and O–H groups in total. The summed E-state index contributed by atoms with van der Waals surface area (Å²) in [5.74, 6) is 2.02. The van der Waals surface area contributed by atoms with Crippen LogP contribution in [0.4, 0.5) is 0 Å². The van der Waals surface area contributed by atoms with Crippen molar-refractivity contribution in [2.24, 2.45) is 11.8 Å². The van der Waals surface area contributed by atoms with Crippen molar-refractivity contribution >= 4 is 16.7 Å². The largest absolute Gasteiger partial charge is 0.483 e. The molecular formula is C19H23NO2. The molecule has 0 radical (unpaired) electrons. The number of rotatable bonds is 3. The molecule has 2 unspecified atom stereocenters. The van der Waals surface area contributed by atoms with Gasteiger partial charge in [0.1, 0.15) is 5.75 Å². The van der Waals surface area contributed by atoms with Crippen molar-refractivity contribution in [2.45, 2.75) is 20.3 Å². The number of hydrogen-bond donors (Lipinski definition) is 0. The predicted octanol–water partition coefficient (Wildman–Crippen LogP) is 3.72. The summed E-state index contributed by atoms with van der Waals surface area (Å²) in [7, 11) is 0. The lowest BCUT2D eigenvalue weighted by molar-refractivity contribution is -0.136. The van der Waals surface area contributed by atoms with E-state index in [0.717, 1.165) is 29.6 Å². The topological polar surface area (TPSA) is 29.5 Å². The molecule has 1 fully saturated rings. The third-order valence-corrected chi connectivity index (χ3v) is 4.32. The summed E-state index contributed by atoms with van der Waals surface area (Å²) in [6, 6.07) is 14.0. The quantitative estimate of drug-likeness (QED) is 0.864. The van der Waals surface area contributed by atoms with Gasteiger partial charge in [-0.15, -0.1) is 0 Å². The molecule has 0 aromatic heterocycles. The minimum Gasteiger partial charge on any atom is -0.483 e. The van der Waals surface area contributed by atoms with E-state index in [4.69, 9.17) is 4.74 Å². The average Bonchev–Trinajstić information content (AvgIpc) is 2.51. The first kappa shape index (κ1) is 14.9. The van der Waals surface area contributed by atoms with Gasteiger partial charge < -0.3 is 9.64 Å². The maximum atomic E-state index is 12.4. The number of fused-ring (bicyclic) bond motifs is 1. The van der Waals surface area contributed by atoms with Gasteiger partial charge in [0.25, 0.3) is 5.91 Å². The molecule has 0 saturated carbocycles. The van der Waals surface area contributed by atoms with E-state index in [0.29, 0.717) is 11.8 Å². The second-order valence-corrected chi connectivity index (χ2v) is 6.51. The van der Waals surface area contributed by atoms with Gasteiger partial charge in [0, 0.05) is 18.5 Å². The van der Waals surface area contributed by atoms with E-state index in [1.54, 1.807) is 0 Å². The number of carbonyl (C=O) groups is 1. The number of hydrogen-bond acceptors (Lipinski definition) is 2. The van der Waals surface area contributed by atoms with Crippen molar-refractivity contribution in [1.29, 1.82) is 0 Å². The van der Waals surface area contributed by atoms with Gasteiger partial charge in [0.2, 0.25) is 0 Å². The van der Waals surface area contributed by atoms with Gasteiger partial charge in [-0.3, -0.25) is 4.79 Å². The Morgan fingerprint density at radius 1 is 1.09 bits per heavy atom. The van der Waals surface area contributed by atoms with Gasteiger partial charge in [-0.1, -0.05) is 50.2 Å². The summed E-state index contributed by atoms with van der Waals surface area (Å²) in [4.78, 5) is 14.3. The van der Waals surface area contributed by atoms with E-state index in [-0.39, 0.29) is 12.5 Å². The molecule has 3 heteroatoms. The van der Waals surface area contributed by atoms with E-state index in [1.165, 1.54) is 6.42 Å². The third kappa shape index (κ3) is 3.24. The van der Waals surface area contributed by atoms with Crippen molar-refractivity contribution in [2.75, 3.05) is 19.7 Å². The minimum absolute atomic E-state index is 0.0892. The minimum atomic E-state index is 0.0892. The lowest BCUT2D eigenvalue weighted by Crippen LogP contribution is -2.44. The molecule has 3 rings (SSSR count). The molecule has 0 bridgehead atoms. The standard InChI is InChI=1S/C19H23NO2/c1-14-10-15(2)12-20(11-14)19(21)13-22-18-9-5-7-16-6-3-4-8-17(16)18/h3-9,14-15H,10-13H2,1-2H3. The maximum Gasteiger partial charge on any atom is 0.260 e. The second kappa shape index (κ2) is 6.39. The van der Waals surface area contributed by atoms with Gasteiger partial charge >= 0.3 is 0 Å². The van der Waals surface area contributed by atoms with Crippen molar-refractivity contribution in [3.8, 4) is 5.75 Å². The fraction of sp³-hybridized carbons (Fsp3) is 0.421. The predicted molar refractivity (Wildman–Crippen MR) is 89.0 cm³/mol. The Kier molecular flexibility index (Phi) is 4.32. The van der Waals surface area contributed by atoms with Crippen LogP contribution in [0, 0.1) is 11.8 Å². The number of piperidine rings is 1. The Morgan fingerprint density at radius 3 is 2.55 bits per heavy atom. The first-order chi connectivity index (χ1) is 10.6. The number of nitrogens with zero attached hydrogens (tertiary/aromatic N) is 1. The molecule has 1 saturated heterocycles.